The van der Waals surface area contributed by atoms with E-state index in [9.17, 15) is 0 Å². The molecule has 3 aliphatic rings. The molecule has 2 atom stereocenters. The van der Waals surface area contributed by atoms with Crippen LogP contribution in [0.15, 0.2) is 53.0 Å². The van der Waals surface area contributed by atoms with E-state index >= 15 is 0 Å². The Bertz CT molecular complexity index is 895. The van der Waals surface area contributed by atoms with Crippen molar-refractivity contribution in [2.24, 2.45) is 0 Å². The van der Waals surface area contributed by atoms with Gasteiger partial charge in [-0.3, -0.25) is 4.90 Å². The molecule has 0 saturated heterocycles. The van der Waals surface area contributed by atoms with Gasteiger partial charge in [-0.15, -0.1) is 0 Å². The number of allylic oxidation sites excluding steroid dienone is 1. The van der Waals surface area contributed by atoms with Gasteiger partial charge in [-0.1, -0.05) is 58.4 Å². The van der Waals surface area contributed by atoms with Crippen LogP contribution < -0.4 is 9.47 Å². The minimum Gasteiger partial charge on any atom is -0.493 e. The third-order valence-corrected chi connectivity index (χ3v) is 7.01. The molecule has 0 aromatic heterocycles. The molecule has 0 bridgehead atoms. The summed E-state index contributed by atoms with van der Waals surface area (Å²) in [4.78, 5) is 2.56. The van der Waals surface area contributed by atoms with Crippen LogP contribution in [0.3, 0.4) is 0 Å². The summed E-state index contributed by atoms with van der Waals surface area (Å²) in [6.07, 6.45) is 8.24. The first-order valence-electron chi connectivity index (χ1n) is 9.72. The van der Waals surface area contributed by atoms with Crippen molar-refractivity contribution >= 4 is 15.9 Å². The highest BCUT2D eigenvalue weighted by Gasteiger charge is 2.52. The van der Waals surface area contributed by atoms with Crippen LogP contribution in [0.25, 0.3) is 0 Å². The minimum atomic E-state index is -0.0224. The summed E-state index contributed by atoms with van der Waals surface area (Å²) in [5.74, 6) is 1.81. The van der Waals surface area contributed by atoms with Gasteiger partial charge in [0.1, 0.15) is 6.10 Å². The lowest BCUT2D eigenvalue weighted by atomic mass is 9.69. The normalized spacial score (nSPS) is 26.1. The minimum absolute atomic E-state index is 0.0224. The molecule has 0 fully saturated rings. The molecule has 140 valence electrons. The van der Waals surface area contributed by atoms with E-state index in [0.29, 0.717) is 0 Å². The Morgan fingerprint density at radius 3 is 2.96 bits per heavy atom. The van der Waals surface area contributed by atoms with Gasteiger partial charge >= 0.3 is 0 Å². The van der Waals surface area contributed by atoms with Crippen molar-refractivity contribution in [2.75, 3.05) is 13.7 Å². The van der Waals surface area contributed by atoms with Crippen molar-refractivity contribution in [3.05, 3.63) is 69.7 Å². The lowest BCUT2D eigenvalue weighted by Crippen LogP contribution is -2.39. The van der Waals surface area contributed by atoms with Crippen molar-refractivity contribution < 1.29 is 9.47 Å². The standard InChI is InChI=1S/C23H24BrNO2/c1-26-19-13-18(24)17-15-25(14-16-7-3-2-4-8-16)12-11-23-10-6-5-9-20(23)27-22(19)21(17)23/h2-4,6-8,10,13,20H,5,9,11-12,14-15H2,1H3. The van der Waals surface area contributed by atoms with E-state index < -0.39 is 0 Å². The summed E-state index contributed by atoms with van der Waals surface area (Å²) in [7, 11) is 1.73. The Hall–Kier alpha value is -1.78. The maximum absolute atomic E-state index is 6.50. The number of benzene rings is 2. The molecular weight excluding hydrogens is 402 g/mol. The summed E-state index contributed by atoms with van der Waals surface area (Å²) < 4.78 is 13.3. The Labute approximate surface area is 169 Å². The first kappa shape index (κ1) is 17.3. The van der Waals surface area contributed by atoms with Crippen molar-refractivity contribution in [3.8, 4) is 11.5 Å². The molecule has 2 aromatic carbocycles. The smallest absolute Gasteiger partial charge is 0.166 e. The van der Waals surface area contributed by atoms with Gasteiger partial charge in [0.2, 0.25) is 0 Å². The van der Waals surface area contributed by atoms with E-state index in [0.717, 1.165) is 54.9 Å². The van der Waals surface area contributed by atoms with Crippen LogP contribution in [-0.2, 0) is 18.5 Å². The number of hydrogen-bond donors (Lipinski definition) is 0. The van der Waals surface area contributed by atoms with Gasteiger partial charge in [0.25, 0.3) is 0 Å². The number of ether oxygens (including phenoxy) is 2. The Morgan fingerprint density at radius 2 is 2.15 bits per heavy atom. The summed E-state index contributed by atoms with van der Waals surface area (Å²) in [5.41, 5.74) is 4.05. The lowest BCUT2D eigenvalue weighted by molar-refractivity contribution is 0.135. The van der Waals surface area contributed by atoms with Crippen LogP contribution in [0.1, 0.15) is 36.0 Å². The average Bonchev–Trinajstić information content (AvgIpc) is 2.95. The average molecular weight is 426 g/mol. The molecule has 0 N–H and O–H groups in total. The predicted molar refractivity (Wildman–Crippen MR) is 110 cm³/mol. The molecule has 2 unspecified atom stereocenters. The summed E-state index contributed by atoms with van der Waals surface area (Å²) in [6, 6.07) is 12.8. The number of methoxy groups -OCH3 is 1. The van der Waals surface area contributed by atoms with Crippen LogP contribution in [-0.4, -0.2) is 24.7 Å². The SMILES string of the molecule is COc1cc(Br)c2c3c1OC1CCC=CC31CCN(Cc1ccccc1)C2. The molecule has 2 aromatic rings. The van der Waals surface area contributed by atoms with E-state index in [-0.39, 0.29) is 11.5 Å². The van der Waals surface area contributed by atoms with E-state index in [1.54, 1.807) is 7.11 Å². The molecule has 27 heavy (non-hydrogen) atoms. The van der Waals surface area contributed by atoms with Crippen molar-refractivity contribution in [1.29, 1.82) is 0 Å². The van der Waals surface area contributed by atoms with Gasteiger partial charge in [-0.25, -0.2) is 0 Å². The third kappa shape index (κ3) is 2.73. The topological polar surface area (TPSA) is 21.7 Å². The highest BCUT2D eigenvalue weighted by Crippen LogP contribution is 2.57. The van der Waals surface area contributed by atoms with Crippen molar-refractivity contribution in [2.45, 2.75) is 43.9 Å². The molecule has 0 amide bonds. The van der Waals surface area contributed by atoms with Crippen LogP contribution in [0.5, 0.6) is 11.5 Å². The Morgan fingerprint density at radius 1 is 1.30 bits per heavy atom. The maximum Gasteiger partial charge on any atom is 0.166 e. The fraction of sp³-hybridized carbons (Fsp3) is 0.391. The monoisotopic (exact) mass is 425 g/mol. The quantitative estimate of drug-likeness (QED) is 0.629. The number of hydrogen-bond acceptors (Lipinski definition) is 3. The highest BCUT2D eigenvalue weighted by atomic mass is 79.9. The molecule has 2 aliphatic heterocycles. The third-order valence-electron chi connectivity index (χ3n) is 6.30. The second kappa shape index (κ2) is 6.68. The predicted octanol–water partition coefficient (Wildman–Crippen LogP) is 5.21. The van der Waals surface area contributed by atoms with Crippen LogP contribution in [0.2, 0.25) is 0 Å². The lowest BCUT2D eigenvalue weighted by Gasteiger charge is -2.34. The molecule has 0 saturated carbocycles. The second-order valence-electron chi connectivity index (χ2n) is 7.82. The molecule has 1 aliphatic carbocycles. The van der Waals surface area contributed by atoms with Gasteiger partial charge in [0, 0.05) is 29.7 Å². The zero-order chi connectivity index (χ0) is 18.4. The van der Waals surface area contributed by atoms with Crippen LogP contribution >= 0.6 is 15.9 Å². The van der Waals surface area contributed by atoms with Gasteiger partial charge in [0.05, 0.1) is 12.5 Å². The molecule has 3 nitrogen and oxygen atoms in total. The van der Waals surface area contributed by atoms with Crippen LogP contribution in [0.4, 0.5) is 0 Å². The van der Waals surface area contributed by atoms with Crippen LogP contribution in [0, 0.1) is 0 Å². The first-order valence-corrected chi connectivity index (χ1v) is 10.5. The second-order valence-corrected chi connectivity index (χ2v) is 8.67. The summed E-state index contributed by atoms with van der Waals surface area (Å²) in [6.45, 7) is 2.95. The fourth-order valence-electron chi connectivity index (χ4n) is 5.01. The summed E-state index contributed by atoms with van der Waals surface area (Å²) >= 11 is 3.84. The zero-order valence-electron chi connectivity index (χ0n) is 15.6. The molecular formula is C23H24BrNO2. The Kier molecular flexibility index (Phi) is 4.29. The van der Waals surface area contributed by atoms with E-state index in [4.69, 9.17) is 9.47 Å². The largest absolute Gasteiger partial charge is 0.493 e. The highest BCUT2D eigenvalue weighted by molar-refractivity contribution is 9.10. The number of nitrogens with zero attached hydrogens (tertiary/aromatic N) is 1. The number of halogens is 1. The number of rotatable bonds is 3. The summed E-state index contributed by atoms with van der Waals surface area (Å²) in [5, 5.41) is 0. The Balaban J connectivity index is 1.61. The molecule has 4 heteroatoms. The van der Waals surface area contributed by atoms with Crippen molar-refractivity contribution in [3.63, 3.8) is 0 Å². The molecule has 5 rings (SSSR count). The molecule has 2 heterocycles. The van der Waals surface area contributed by atoms with Gasteiger partial charge in [-0.2, -0.15) is 0 Å². The van der Waals surface area contributed by atoms with E-state index in [1.165, 1.54) is 16.7 Å². The zero-order valence-corrected chi connectivity index (χ0v) is 17.2. The molecule has 1 spiro atoms. The first-order chi connectivity index (χ1) is 13.2. The van der Waals surface area contributed by atoms with Gasteiger partial charge in [-0.05, 0) is 36.5 Å². The van der Waals surface area contributed by atoms with Gasteiger partial charge < -0.3 is 9.47 Å². The molecule has 0 radical (unpaired) electrons. The van der Waals surface area contributed by atoms with E-state index in [2.05, 4.69) is 69.4 Å². The maximum atomic E-state index is 6.50. The fourth-order valence-corrected chi connectivity index (χ4v) is 5.54. The van der Waals surface area contributed by atoms with Crippen molar-refractivity contribution in [1.82, 2.24) is 4.90 Å². The van der Waals surface area contributed by atoms with E-state index in [1.807, 2.05) is 0 Å². The van der Waals surface area contributed by atoms with Gasteiger partial charge in [0.15, 0.2) is 11.5 Å².